The van der Waals surface area contributed by atoms with Gasteiger partial charge in [0.1, 0.15) is 22.8 Å². The van der Waals surface area contributed by atoms with Crippen LogP contribution in [0.1, 0.15) is 23.8 Å². The molecular formula is C22H25N9O2S. The molecule has 12 heteroatoms. The number of benzene rings is 1. The fraction of sp³-hybridized carbons (Fsp3) is 0.227. The third-order valence-electron chi connectivity index (χ3n) is 5.20. The van der Waals surface area contributed by atoms with Crippen LogP contribution in [0.3, 0.4) is 0 Å². The van der Waals surface area contributed by atoms with Crippen molar-refractivity contribution in [2.24, 2.45) is 11.5 Å². The number of hydrogen-bond acceptors (Lipinski definition) is 7. The molecule has 3 aromatic heterocycles. The van der Waals surface area contributed by atoms with Gasteiger partial charge in [-0.05, 0) is 31.0 Å². The number of aromatic amines is 1. The van der Waals surface area contributed by atoms with Gasteiger partial charge in [-0.3, -0.25) is 5.32 Å². The number of thiazole rings is 1. The molecule has 1 fully saturated rings. The lowest BCUT2D eigenvalue weighted by Crippen LogP contribution is -2.35. The van der Waals surface area contributed by atoms with Crippen molar-refractivity contribution in [1.29, 1.82) is 0 Å². The zero-order valence-corrected chi connectivity index (χ0v) is 19.1. The number of aromatic nitrogens is 4. The van der Waals surface area contributed by atoms with Crippen LogP contribution in [0.25, 0.3) is 11.0 Å². The van der Waals surface area contributed by atoms with Gasteiger partial charge in [0.15, 0.2) is 0 Å². The van der Waals surface area contributed by atoms with E-state index in [9.17, 15) is 4.79 Å². The van der Waals surface area contributed by atoms with Crippen molar-refractivity contribution in [3.8, 4) is 0 Å². The predicted octanol–water partition coefficient (Wildman–Crippen LogP) is 3.47. The Morgan fingerprint density at radius 1 is 1.09 bits per heavy atom. The lowest BCUT2D eigenvalue weighted by molar-refractivity contribution is 0.256. The number of para-hydroxylation sites is 1. The van der Waals surface area contributed by atoms with Gasteiger partial charge in [-0.1, -0.05) is 18.2 Å². The first-order valence-electron chi connectivity index (χ1n) is 10.7. The molecular weight excluding hydrogens is 454 g/mol. The third-order valence-corrected chi connectivity index (χ3v) is 6.27. The SMILES string of the molecule is NC(N)=O.O=C(Nc1ccccc1)Nc1cnc(C2CCCN(c3ncnc4[nH]ccc34)C2)s1. The zero-order valence-electron chi connectivity index (χ0n) is 18.3. The summed E-state index contributed by atoms with van der Waals surface area (Å²) < 4.78 is 0. The lowest BCUT2D eigenvalue weighted by Gasteiger charge is -2.32. The number of nitrogens with two attached hydrogens (primary N) is 2. The molecule has 0 radical (unpaired) electrons. The van der Waals surface area contributed by atoms with Gasteiger partial charge in [-0.15, -0.1) is 11.3 Å². The van der Waals surface area contributed by atoms with Crippen molar-refractivity contribution in [2.75, 3.05) is 28.6 Å². The summed E-state index contributed by atoms with van der Waals surface area (Å²) in [7, 11) is 0. The second kappa shape index (κ2) is 10.6. The maximum absolute atomic E-state index is 12.2. The number of anilines is 3. The topological polar surface area (TPSA) is 168 Å². The summed E-state index contributed by atoms with van der Waals surface area (Å²) in [6, 6.07) is 10.3. The van der Waals surface area contributed by atoms with Crippen LogP contribution in [-0.4, -0.2) is 45.1 Å². The summed E-state index contributed by atoms with van der Waals surface area (Å²) in [5.74, 6) is 1.27. The fourth-order valence-corrected chi connectivity index (χ4v) is 4.75. The Balaban J connectivity index is 0.000000636. The number of nitrogens with one attached hydrogen (secondary N) is 3. The molecule has 4 amide bonds. The number of urea groups is 2. The molecule has 1 aromatic carbocycles. The smallest absolute Gasteiger partial charge is 0.324 e. The van der Waals surface area contributed by atoms with Crippen LogP contribution in [-0.2, 0) is 0 Å². The number of piperidine rings is 1. The average Bonchev–Trinajstić information content (AvgIpc) is 3.49. The Bertz CT molecular complexity index is 1250. The number of nitrogens with zero attached hydrogens (tertiary/aromatic N) is 4. The molecule has 1 aliphatic heterocycles. The van der Waals surface area contributed by atoms with Crippen LogP contribution in [0, 0.1) is 0 Å². The third kappa shape index (κ3) is 5.78. The van der Waals surface area contributed by atoms with Gasteiger partial charge < -0.3 is 26.7 Å². The van der Waals surface area contributed by atoms with Crippen molar-refractivity contribution in [2.45, 2.75) is 18.8 Å². The van der Waals surface area contributed by atoms with E-state index in [1.165, 1.54) is 11.3 Å². The second-order valence-electron chi connectivity index (χ2n) is 7.63. The first kappa shape index (κ1) is 23.0. The molecule has 1 unspecified atom stereocenters. The van der Waals surface area contributed by atoms with Crippen molar-refractivity contribution in [3.63, 3.8) is 0 Å². The van der Waals surface area contributed by atoms with Crippen LogP contribution in [0.5, 0.6) is 0 Å². The highest BCUT2D eigenvalue weighted by molar-refractivity contribution is 7.16. The van der Waals surface area contributed by atoms with E-state index >= 15 is 0 Å². The van der Waals surface area contributed by atoms with Gasteiger partial charge in [0.2, 0.25) is 0 Å². The van der Waals surface area contributed by atoms with Crippen LogP contribution in [0.4, 0.5) is 26.1 Å². The van der Waals surface area contributed by atoms with Crippen LogP contribution in [0.15, 0.2) is 55.1 Å². The van der Waals surface area contributed by atoms with E-state index < -0.39 is 6.03 Å². The summed E-state index contributed by atoms with van der Waals surface area (Å²) >= 11 is 1.53. The highest BCUT2D eigenvalue weighted by Crippen LogP contribution is 2.34. The summed E-state index contributed by atoms with van der Waals surface area (Å²) in [5, 5.41) is 8.52. The normalized spacial score (nSPS) is 15.3. The van der Waals surface area contributed by atoms with E-state index in [1.807, 2.05) is 42.6 Å². The zero-order chi connectivity index (χ0) is 23.9. The van der Waals surface area contributed by atoms with Gasteiger partial charge in [0, 0.05) is 30.9 Å². The van der Waals surface area contributed by atoms with Gasteiger partial charge in [-0.2, -0.15) is 0 Å². The standard InChI is InChI=1S/C21H21N7OS.CH4N2O/c29-21(26-15-6-2-1-3-7-15)27-17-11-23-20(30-17)14-5-4-10-28(12-14)19-16-8-9-22-18(16)24-13-25-19;2-1(3)4/h1-3,6-9,11,13-14H,4-5,10,12H2,(H,22,24,25)(H2,26,27,29);(H4,2,3,4). The van der Waals surface area contributed by atoms with Crippen LogP contribution in [0.2, 0.25) is 0 Å². The van der Waals surface area contributed by atoms with E-state index in [0.29, 0.717) is 5.92 Å². The molecule has 34 heavy (non-hydrogen) atoms. The van der Waals surface area contributed by atoms with Crippen LogP contribution < -0.4 is 27.0 Å². The molecule has 0 spiro atoms. The number of primary amides is 2. The molecule has 5 rings (SSSR count). The predicted molar refractivity (Wildman–Crippen MR) is 133 cm³/mol. The summed E-state index contributed by atoms with van der Waals surface area (Å²) in [6.45, 7) is 1.81. The molecule has 4 heterocycles. The number of carbonyl (C=O) groups excluding carboxylic acids is 2. The largest absolute Gasteiger partial charge is 0.355 e. The fourth-order valence-electron chi connectivity index (χ4n) is 3.81. The van der Waals surface area contributed by atoms with Crippen molar-refractivity contribution >= 4 is 50.9 Å². The molecule has 176 valence electrons. The van der Waals surface area contributed by atoms with Gasteiger partial charge >= 0.3 is 12.1 Å². The summed E-state index contributed by atoms with van der Waals surface area (Å²) in [4.78, 5) is 40.1. The van der Waals surface area contributed by atoms with Gasteiger partial charge in [0.05, 0.1) is 16.6 Å². The highest BCUT2D eigenvalue weighted by atomic mass is 32.1. The summed E-state index contributed by atoms with van der Waals surface area (Å²) in [5.41, 5.74) is 10.1. The van der Waals surface area contributed by atoms with E-state index in [2.05, 4.69) is 46.9 Å². The number of carbonyl (C=O) groups is 2. The molecule has 0 aliphatic carbocycles. The monoisotopic (exact) mass is 479 g/mol. The maximum atomic E-state index is 12.2. The van der Waals surface area contributed by atoms with E-state index in [0.717, 1.165) is 58.5 Å². The molecule has 0 saturated carbocycles. The number of hydrogen-bond donors (Lipinski definition) is 5. The minimum Gasteiger partial charge on any atom is -0.355 e. The first-order valence-corrected chi connectivity index (χ1v) is 11.5. The Hall–Kier alpha value is -4.19. The number of amides is 4. The summed E-state index contributed by atoms with van der Waals surface area (Å²) in [6.07, 6.45) is 7.37. The molecule has 4 aromatic rings. The lowest BCUT2D eigenvalue weighted by atomic mass is 9.98. The van der Waals surface area contributed by atoms with Gasteiger partial charge in [-0.25, -0.2) is 24.5 Å². The molecule has 0 bridgehead atoms. The quantitative estimate of drug-likeness (QED) is 0.300. The van der Waals surface area contributed by atoms with Crippen molar-refractivity contribution in [3.05, 3.63) is 60.1 Å². The second-order valence-corrected chi connectivity index (χ2v) is 8.69. The molecule has 11 nitrogen and oxygen atoms in total. The Morgan fingerprint density at radius 3 is 2.68 bits per heavy atom. The molecule has 1 saturated heterocycles. The highest BCUT2D eigenvalue weighted by Gasteiger charge is 2.26. The average molecular weight is 480 g/mol. The molecule has 1 aliphatic rings. The van der Waals surface area contributed by atoms with E-state index in [1.54, 1.807) is 12.5 Å². The Kier molecular flexibility index (Phi) is 7.18. The number of fused-ring (bicyclic) bond motifs is 1. The molecule has 1 atom stereocenters. The van der Waals surface area contributed by atoms with E-state index in [-0.39, 0.29) is 6.03 Å². The Morgan fingerprint density at radius 2 is 1.88 bits per heavy atom. The van der Waals surface area contributed by atoms with Gasteiger partial charge in [0.25, 0.3) is 0 Å². The first-order chi connectivity index (χ1) is 16.5. The molecule has 7 N–H and O–H groups in total. The minimum atomic E-state index is -0.833. The Labute approximate surface area is 199 Å². The number of H-pyrrole nitrogens is 1. The van der Waals surface area contributed by atoms with Crippen molar-refractivity contribution < 1.29 is 9.59 Å². The maximum Gasteiger partial charge on any atom is 0.324 e. The minimum absolute atomic E-state index is 0.266. The van der Waals surface area contributed by atoms with Crippen LogP contribution >= 0.6 is 11.3 Å². The van der Waals surface area contributed by atoms with Crippen molar-refractivity contribution in [1.82, 2.24) is 19.9 Å². The van der Waals surface area contributed by atoms with E-state index in [4.69, 9.17) is 4.79 Å². The number of rotatable bonds is 4.